The molecular formula is C14H18ClN5O2S. The van der Waals surface area contributed by atoms with Gasteiger partial charge in [0.15, 0.2) is 0 Å². The second kappa shape index (κ2) is 8.28. The Bertz CT molecular complexity index is 647. The van der Waals surface area contributed by atoms with E-state index in [4.69, 9.17) is 16.0 Å². The molecule has 0 aliphatic rings. The van der Waals surface area contributed by atoms with Crippen molar-refractivity contribution in [3.05, 3.63) is 29.2 Å². The molecule has 0 aliphatic heterocycles. The van der Waals surface area contributed by atoms with Gasteiger partial charge in [0.1, 0.15) is 5.82 Å². The Kier molecular flexibility index (Phi) is 6.37. The van der Waals surface area contributed by atoms with Crippen LogP contribution in [0.4, 0.5) is 5.82 Å². The van der Waals surface area contributed by atoms with Crippen LogP contribution in [0.25, 0.3) is 0 Å². The summed E-state index contributed by atoms with van der Waals surface area (Å²) in [6.45, 7) is 2.05. The third kappa shape index (κ3) is 5.19. The van der Waals surface area contributed by atoms with Crippen LogP contribution in [0.3, 0.4) is 0 Å². The van der Waals surface area contributed by atoms with E-state index in [-0.39, 0.29) is 17.7 Å². The molecule has 9 heteroatoms. The lowest BCUT2D eigenvalue weighted by Crippen LogP contribution is -2.19. The standard InChI is InChI=1S/C14H18ClN5O2S/c1-4-10(20(2)3)13-18-19-14(22-13)23-8-12(21)17-11-6-5-9(15)7-16-11/h5-7,10H,4,8H2,1-3H3,(H,16,17,21)/t10-/m0/s1. The van der Waals surface area contributed by atoms with Gasteiger partial charge in [0, 0.05) is 6.20 Å². The highest BCUT2D eigenvalue weighted by Crippen LogP contribution is 2.24. The summed E-state index contributed by atoms with van der Waals surface area (Å²) in [5.41, 5.74) is 0. The minimum Gasteiger partial charge on any atom is -0.414 e. The average molecular weight is 356 g/mol. The van der Waals surface area contributed by atoms with Crippen LogP contribution in [0.1, 0.15) is 25.3 Å². The van der Waals surface area contributed by atoms with E-state index in [1.807, 2.05) is 25.9 Å². The van der Waals surface area contributed by atoms with Crippen molar-refractivity contribution >= 4 is 35.1 Å². The first kappa shape index (κ1) is 17.7. The minimum absolute atomic E-state index is 0.0731. The summed E-state index contributed by atoms with van der Waals surface area (Å²) in [6, 6.07) is 3.37. The highest BCUT2D eigenvalue weighted by atomic mass is 35.5. The molecule has 0 bridgehead atoms. The first-order valence-electron chi connectivity index (χ1n) is 7.03. The van der Waals surface area contributed by atoms with Crippen molar-refractivity contribution in [2.45, 2.75) is 24.6 Å². The van der Waals surface area contributed by atoms with Crippen LogP contribution in [0.5, 0.6) is 0 Å². The predicted molar refractivity (Wildman–Crippen MR) is 89.6 cm³/mol. The van der Waals surface area contributed by atoms with E-state index in [1.165, 1.54) is 18.0 Å². The van der Waals surface area contributed by atoms with Gasteiger partial charge >= 0.3 is 0 Å². The summed E-state index contributed by atoms with van der Waals surface area (Å²) in [6.07, 6.45) is 2.34. The Morgan fingerprint density at radius 1 is 1.43 bits per heavy atom. The van der Waals surface area contributed by atoms with Crippen molar-refractivity contribution < 1.29 is 9.21 Å². The monoisotopic (exact) mass is 355 g/mol. The summed E-state index contributed by atoms with van der Waals surface area (Å²) < 4.78 is 5.60. The zero-order valence-electron chi connectivity index (χ0n) is 13.1. The van der Waals surface area contributed by atoms with Crippen LogP contribution in [-0.4, -0.2) is 45.8 Å². The zero-order valence-corrected chi connectivity index (χ0v) is 14.7. The molecule has 0 fully saturated rings. The Morgan fingerprint density at radius 3 is 2.83 bits per heavy atom. The average Bonchev–Trinajstić information content (AvgIpc) is 2.96. The van der Waals surface area contributed by atoms with Crippen LogP contribution in [0, 0.1) is 0 Å². The van der Waals surface area contributed by atoms with Gasteiger partial charge in [-0.15, -0.1) is 10.2 Å². The van der Waals surface area contributed by atoms with Crippen molar-refractivity contribution in [1.29, 1.82) is 0 Å². The second-order valence-electron chi connectivity index (χ2n) is 4.99. The molecular weight excluding hydrogens is 338 g/mol. The fraction of sp³-hybridized carbons (Fsp3) is 0.429. The van der Waals surface area contributed by atoms with Gasteiger partial charge in [-0.1, -0.05) is 30.3 Å². The molecule has 2 aromatic heterocycles. The van der Waals surface area contributed by atoms with Crippen molar-refractivity contribution in [3.63, 3.8) is 0 Å². The fourth-order valence-corrected chi connectivity index (χ4v) is 2.61. The highest BCUT2D eigenvalue weighted by molar-refractivity contribution is 7.99. The molecule has 0 aliphatic carbocycles. The molecule has 2 heterocycles. The summed E-state index contributed by atoms with van der Waals surface area (Å²) >= 11 is 6.93. The fourth-order valence-electron chi connectivity index (χ4n) is 1.93. The van der Waals surface area contributed by atoms with Gasteiger partial charge in [-0.25, -0.2) is 4.98 Å². The summed E-state index contributed by atoms with van der Waals surface area (Å²) in [7, 11) is 3.91. The quantitative estimate of drug-likeness (QED) is 0.764. The molecule has 0 saturated heterocycles. The molecule has 0 aromatic carbocycles. The molecule has 0 saturated carbocycles. The number of nitrogens with one attached hydrogen (secondary N) is 1. The molecule has 1 atom stereocenters. The van der Waals surface area contributed by atoms with Crippen LogP contribution >= 0.6 is 23.4 Å². The number of thioether (sulfide) groups is 1. The van der Waals surface area contributed by atoms with E-state index in [9.17, 15) is 4.79 Å². The van der Waals surface area contributed by atoms with Gasteiger partial charge in [-0.3, -0.25) is 9.69 Å². The number of carbonyl (C=O) groups is 1. The number of nitrogens with zero attached hydrogens (tertiary/aromatic N) is 4. The number of anilines is 1. The van der Waals surface area contributed by atoms with E-state index in [0.29, 0.717) is 22.0 Å². The maximum Gasteiger partial charge on any atom is 0.277 e. The molecule has 2 aromatic rings. The Labute approximate surface area is 143 Å². The van der Waals surface area contributed by atoms with E-state index < -0.39 is 0 Å². The number of amides is 1. The van der Waals surface area contributed by atoms with Crippen LogP contribution in [-0.2, 0) is 4.79 Å². The van der Waals surface area contributed by atoms with Gasteiger partial charge in [0.25, 0.3) is 5.22 Å². The maximum atomic E-state index is 11.9. The Morgan fingerprint density at radius 2 is 2.22 bits per heavy atom. The lowest BCUT2D eigenvalue weighted by atomic mass is 10.2. The van der Waals surface area contributed by atoms with E-state index in [0.717, 1.165) is 6.42 Å². The normalized spacial score (nSPS) is 12.4. The number of rotatable bonds is 7. The van der Waals surface area contributed by atoms with Crippen molar-refractivity contribution in [2.75, 3.05) is 25.2 Å². The highest BCUT2D eigenvalue weighted by Gasteiger charge is 2.19. The van der Waals surface area contributed by atoms with Gasteiger partial charge in [0.2, 0.25) is 11.8 Å². The number of halogens is 1. The summed E-state index contributed by atoms with van der Waals surface area (Å²) in [5.74, 6) is 0.957. The van der Waals surface area contributed by atoms with Gasteiger partial charge < -0.3 is 9.73 Å². The number of pyridine rings is 1. The number of aromatic nitrogens is 3. The first-order chi connectivity index (χ1) is 11.0. The van der Waals surface area contributed by atoms with Gasteiger partial charge in [-0.05, 0) is 32.6 Å². The molecule has 0 unspecified atom stereocenters. The lowest BCUT2D eigenvalue weighted by molar-refractivity contribution is -0.113. The minimum atomic E-state index is -0.204. The second-order valence-corrected chi connectivity index (χ2v) is 6.36. The molecule has 23 heavy (non-hydrogen) atoms. The molecule has 1 amide bonds. The number of hydrogen-bond acceptors (Lipinski definition) is 7. The van der Waals surface area contributed by atoms with E-state index in [2.05, 4.69) is 20.5 Å². The predicted octanol–water partition coefficient (Wildman–Crippen LogP) is 2.86. The largest absolute Gasteiger partial charge is 0.414 e. The maximum absolute atomic E-state index is 11.9. The van der Waals surface area contributed by atoms with Crippen LogP contribution in [0.2, 0.25) is 5.02 Å². The van der Waals surface area contributed by atoms with Gasteiger partial charge in [-0.2, -0.15) is 0 Å². The van der Waals surface area contributed by atoms with E-state index in [1.54, 1.807) is 12.1 Å². The smallest absolute Gasteiger partial charge is 0.277 e. The lowest BCUT2D eigenvalue weighted by Gasteiger charge is -2.18. The Hall–Kier alpha value is -1.64. The number of carbonyl (C=O) groups excluding carboxylic acids is 1. The van der Waals surface area contributed by atoms with Crippen LogP contribution in [0.15, 0.2) is 28.0 Å². The molecule has 7 nitrogen and oxygen atoms in total. The molecule has 124 valence electrons. The van der Waals surface area contributed by atoms with E-state index >= 15 is 0 Å². The molecule has 1 N–H and O–H groups in total. The SMILES string of the molecule is CC[C@@H](c1nnc(SCC(=O)Nc2ccc(Cl)cn2)o1)N(C)C. The summed E-state index contributed by atoms with van der Waals surface area (Å²) in [4.78, 5) is 17.9. The zero-order chi connectivity index (χ0) is 16.8. The molecule has 0 spiro atoms. The van der Waals surface area contributed by atoms with Crippen molar-refractivity contribution in [2.24, 2.45) is 0 Å². The molecule has 2 rings (SSSR count). The molecule has 0 radical (unpaired) electrons. The third-order valence-electron chi connectivity index (χ3n) is 3.04. The first-order valence-corrected chi connectivity index (χ1v) is 8.40. The van der Waals surface area contributed by atoms with Crippen molar-refractivity contribution in [1.82, 2.24) is 20.1 Å². The Balaban J connectivity index is 1.87. The van der Waals surface area contributed by atoms with Gasteiger partial charge in [0.05, 0.1) is 16.8 Å². The van der Waals surface area contributed by atoms with Crippen molar-refractivity contribution in [3.8, 4) is 0 Å². The van der Waals surface area contributed by atoms with Crippen LogP contribution < -0.4 is 5.32 Å². The number of hydrogen-bond donors (Lipinski definition) is 1. The topological polar surface area (TPSA) is 84.2 Å². The summed E-state index contributed by atoms with van der Waals surface area (Å²) in [5, 5.41) is 11.6. The third-order valence-corrected chi connectivity index (χ3v) is 4.08.